The Balaban J connectivity index is 1.72. The number of carboxylic acid groups (broad SMARTS) is 1. The number of carboxylic acids is 1. The summed E-state index contributed by atoms with van der Waals surface area (Å²) in [5.74, 6) is -0.156. The van der Waals surface area contributed by atoms with Crippen LogP contribution >= 0.6 is 0 Å². The molecule has 0 spiro atoms. The summed E-state index contributed by atoms with van der Waals surface area (Å²) in [4.78, 5) is 17.4. The van der Waals surface area contributed by atoms with Gasteiger partial charge in [0.1, 0.15) is 18.4 Å². The summed E-state index contributed by atoms with van der Waals surface area (Å²) in [6.07, 6.45) is 3.89. The van der Waals surface area contributed by atoms with Crippen LogP contribution in [0, 0.1) is 6.92 Å². The predicted molar refractivity (Wildman–Crippen MR) is 121 cm³/mol. The third kappa shape index (κ3) is 7.20. The van der Waals surface area contributed by atoms with Gasteiger partial charge in [-0.2, -0.15) is 0 Å². The number of benzene rings is 2. The maximum Gasteiger partial charge on any atom is 0.320 e. The van der Waals surface area contributed by atoms with Crippen LogP contribution in [-0.2, 0) is 24.5 Å². The molecule has 0 saturated heterocycles. The van der Waals surface area contributed by atoms with Crippen LogP contribution in [0.15, 0.2) is 73.1 Å². The average molecular weight is 420 g/mol. The Labute approximate surface area is 183 Å². The zero-order valence-corrected chi connectivity index (χ0v) is 17.8. The van der Waals surface area contributed by atoms with Crippen LogP contribution in [0.4, 0.5) is 0 Å². The van der Waals surface area contributed by atoms with E-state index in [1.54, 1.807) is 12.4 Å². The maximum absolute atomic E-state index is 11.2. The number of aromatic nitrogens is 1. The van der Waals surface area contributed by atoms with Crippen molar-refractivity contribution in [1.29, 1.82) is 0 Å². The quantitative estimate of drug-likeness (QED) is 0.492. The predicted octanol–water partition coefficient (Wildman–Crippen LogP) is 3.77. The summed E-state index contributed by atoms with van der Waals surface area (Å²) >= 11 is 0. The van der Waals surface area contributed by atoms with Crippen molar-refractivity contribution in [3.8, 4) is 5.75 Å². The first-order valence-electron chi connectivity index (χ1n) is 10.4. The van der Waals surface area contributed by atoms with Crippen molar-refractivity contribution in [2.45, 2.75) is 39.1 Å². The lowest BCUT2D eigenvalue weighted by molar-refractivity contribution is -0.138. The van der Waals surface area contributed by atoms with Crippen LogP contribution < -0.4 is 10.5 Å². The van der Waals surface area contributed by atoms with Crippen molar-refractivity contribution in [1.82, 2.24) is 9.88 Å². The largest absolute Gasteiger partial charge is 0.489 e. The smallest absolute Gasteiger partial charge is 0.320 e. The molecule has 0 unspecified atom stereocenters. The van der Waals surface area contributed by atoms with Crippen molar-refractivity contribution in [2.75, 3.05) is 6.54 Å². The Kier molecular flexibility index (Phi) is 8.15. The number of pyridine rings is 1. The van der Waals surface area contributed by atoms with Crippen LogP contribution in [0.5, 0.6) is 5.75 Å². The molecule has 0 amide bonds. The molecule has 0 radical (unpaired) electrons. The van der Waals surface area contributed by atoms with Gasteiger partial charge in [0.05, 0.1) is 0 Å². The summed E-state index contributed by atoms with van der Waals surface area (Å²) in [5, 5.41) is 9.14. The molecule has 0 aliphatic rings. The highest BCUT2D eigenvalue weighted by Crippen LogP contribution is 2.22. The number of nitrogens with zero attached hydrogens (tertiary/aromatic N) is 2. The summed E-state index contributed by atoms with van der Waals surface area (Å²) in [5.41, 5.74) is 10.2. The zero-order valence-electron chi connectivity index (χ0n) is 17.8. The topological polar surface area (TPSA) is 88.7 Å². The Morgan fingerprint density at radius 3 is 2.58 bits per heavy atom. The lowest BCUT2D eigenvalue weighted by Gasteiger charge is -2.24. The third-order valence-corrected chi connectivity index (χ3v) is 5.07. The Bertz CT molecular complexity index is 979. The monoisotopic (exact) mass is 419 g/mol. The molecule has 31 heavy (non-hydrogen) atoms. The van der Waals surface area contributed by atoms with Gasteiger partial charge in [-0.1, -0.05) is 48.0 Å². The van der Waals surface area contributed by atoms with Crippen molar-refractivity contribution in [3.63, 3.8) is 0 Å². The zero-order chi connectivity index (χ0) is 22.1. The van der Waals surface area contributed by atoms with Gasteiger partial charge in [0.15, 0.2) is 0 Å². The third-order valence-electron chi connectivity index (χ3n) is 5.07. The molecule has 0 aliphatic carbocycles. The van der Waals surface area contributed by atoms with Crippen molar-refractivity contribution in [2.24, 2.45) is 5.73 Å². The number of aliphatic carboxylic acids is 1. The molecule has 162 valence electrons. The molecular weight excluding hydrogens is 390 g/mol. The van der Waals surface area contributed by atoms with E-state index in [0.717, 1.165) is 22.4 Å². The fourth-order valence-electron chi connectivity index (χ4n) is 3.38. The number of aryl methyl sites for hydroxylation is 1. The van der Waals surface area contributed by atoms with Gasteiger partial charge in [0.25, 0.3) is 0 Å². The first kappa shape index (κ1) is 22.5. The minimum absolute atomic E-state index is 0.368. The van der Waals surface area contributed by atoms with E-state index in [4.69, 9.17) is 15.6 Å². The van der Waals surface area contributed by atoms with Gasteiger partial charge in [0, 0.05) is 37.6 Å². The van der Waals surface area contributed by atoms with Crippen LogP contribution in [0.3, 0.4) is 0 Å². The normalized spacial score (nSPS) is 12.0. The van der Waals surface area contributed by atoms with Crippen LogP contribution in [0.1, 0.15) is 28.7 Å². The molecular formula is C25H29N3O3. The Morgan fingerprint density at radius 1 is 1.06 bits per heavy atom. The second-order valence-corrected chi connectivity index (χ2v) is 7.68. The standard InChI is InChI=1S/C25H29N3O3/c1-19-5-4-6-21(15-19)18-31-24-8-3-2-7-22(24)17-28(14-11-23(26)25(29)30)16-20-9-12-27-13-10-20/h2-10,12-13,15,23H,11,14,16-18,26H2,1H3,(H,29,30)/t23-/m0/s1. The van der Waals surface area contributed by atoms with Crippen LogP contribution in [0.2, 0.25) is 0 Å². The molecule has 0 saturated carbocycles. The molecule has 1 atom stereocenters. The van der Waals surface area contributed by atoms with Crippen molar-refractivity contribution >= 4 is 5.97 Å². The number of hydrogen-bond acceptors (Lipinski definition) is 5. The fourth-order valence-corrected chi connectivity index (χ4v) is 3.38. The second kappa shape index (κ2) is 11.2. The fraction of sp³-hybridized carbons (Fsp3) is 0.280. The molecule has 3 aromatic rings. The number of hydrogen-bond donors (Lipinski definition) is 2. The molecule has 2 aromatic carbocycles. The van der Waals surface area contributed by atoms with E-state index in [1.165, 1.54) is 5.56 Å². The van der Waals surface area contributed by atoms with E-state index < -0.39 is 12.0 Å². The van der Waals surface area contributed by atoms with Gasteiger partial charge in [-0.05, 0) is 42.7 Å². The van der Waals surface area contributed by atoms with Crippen LogP contribution in [-0.4, -0.2) is 33.5 Å². The number of nitrogens with two attached hydrogens (primary N) is 1. The second-order valence-electron chi connectivity index (χ2n) is 7.68. The van der Waals surface area contributed by atoms with E-state index in [2.05, 4.69) is 35.0 Å². The van der Waals surface area contributed by atoms with Gasteiger partial charge in [-0.15, -0.1) is 0 Å². The molecule has 3 N–H and O–H groups in total. The Morgan fingerprint density at radius 2 is 1.84 bits per heavy atom. The molecule has 1 aromatic heterocycles. The highest BCUT2D eigenvalue weighted by Gasteiger charge is 2.16. The summed E-state index contributed by atoms with van der Waals surface area (Å²) in [6.45, 7) is 4.41. The van der Waals surface area contributed by atoms with Gasteiger partial charge in [-0.25, -0.2) is 0 Å². The molecule has 6 heteroatoms. The van der Waals surface area contributed by atoms with Crippen molar-refractivity contribution in [3.05, 3.63) is 95.3 Å². The summed E-state index contributed by atoms with van der Waals surface area (Å²) in [6, 6.07) is 19.3. The first-order chi connectivity index (χ1) is 15.0. The lowest BCUT2D eigenvalue weighted by atomic mass is 10.1. The SMILES string of the molecule is Cc1cccc(COc2ccccc2CN(CC[C@H](N)C(=O)O)Cc2ccncc2)c1. The maximum atomic E-state index is 11.2. The average Bonchev–Trinajstić information content (AvgIpc) is 2.77. The Hall–Kier alpha value is -3.22. The van der Waals surface area contributed by atoms with E-state index in [-0.39, 0.29) is 0 Å². The highest BCUT2D eigenvalue weighted by atomic mass is 16.5. The number of para-hydroxylation sites is 1. The minimum Gasteiger partial charge on any atom is -0.489 e. The van der Waals surface area contributed by atoms with Gasteiger partial charge in [-0.3, -0.25) is 14.7 Å². The molecule has 0 fully saturated rings. The molecule has 0 bridgehead atoms. The van der Waals surface area contributed by atoms with E-state index in [0.29, 0.717) is 32.7 Å². The number of rotatable bonds is 11. The molecule has 6 nitrogen and oxygen atoms in total. The van der Waals surface area contributed by atoms with Crippen molar-refractivity contribution < 1.29 is 14.6 Å². The molecule has 1 heterocycles. The lowest BCUT2D eigenvalue weighted by Crippen LogP contribution is -2.35. The molecule has 0 aliphatic heterocycles. The number of carbonyl (C=O) groups is 1. The van der Waals surface area contributed by atoms with Gasteiger partial charge in [0.2, 0.25) is 0 Å². The molecule has 3 rings (SSSR count). The van der Waals surface area contributed by atoms with Gasteiger partial charge < -0.3 is 15.6 Å². The minimum atomic E-state index is -0.981. The van der Waals surface area contributed by atoms with Gasteiger partial charge >= 0.3 is 5.97 Å². The summed E-state index contributed by atoms with van der Waals surface area (Å²) < 4.78 is 6.14. The van der Waals surface area contributed by atoms with E-state index in [1.807, 2.05) is 42.5 Å². The highest BCUT2D eigenvalue weighted by molar-refractivity contribution is 5.73. The van der Waals surface area contributed by atoms with E-state index in [9.17, 15) is 4.79 Å². The number of ether oxygens (including phenoxy) is 1. The summed E-state index contributed by atoms with van der Waals surface area (Å²) in [7, 11) is 0. The first-order valence-corrected chi connectivity index (χ1v) is 10.4. The van der Waals surface area contributed by atoms with E-state index >= 15 is 0 Å². The van der Waals surface area contributed by atoms with Crippen LogP contribution in [0.25, 0.3) is 0 Å².